The maximum atomic E-state index is 14.8. The Morgan fingerprint density at radius 1 is 1.14 bits per heavy atom. The zero-order valence-electron chi connectivity index (χ0n) is 20.5. The zero-order chi connectivity index (χ0) is 24.5. The van der Waals surface area contributed by atoms with E-state index in [0.717, 1.165) is 50.0 Å². The molecule has 1 amide bonds. The third-order valence-corrected chi connectivity index (χ3v) is 7.57. The lowest BCUT2D eigenvalue weighted by Crippen LogP contribution is -2.34. The molecule has 0 radical (unpaired) electrons. The van der Waals surface area contributed by atoms with Crippen molar-refractivity contribution in [3.8, 4) is 0 Å². The van der Waals surface area contributed by atoms with Crippen molar-refractivity contribution in [2.45, 2.75) is 57.9 Å². The SMILES string of the molecule is CC1CCCN(c2cnc3c(C(=O)Nc4cnccc4[C@@H]4C[C@H](C)C[C@H](N)C4)ccc(F)c3c2)C1. The summed E-state index contributed by atoms with van der Waals surface area (Å²) >= 11 is 0. The number of pyridine rings is 2. The van der Waals surface area contributed by atoms with Crippen LogP contribution >= 0.6 is 0 Å². The van der Waals surface area contributed by atoms with Crippen LogP contribution in [0.5, 0.6) is 0 Å². The van der Waals surface area contributed by atoms with E-state index < -0.39 is 0 Å². The second-order valence-corrected chi connectivity index (χ2v) is 10.6. The summed E-state index contributed by atoms with van der Waals surface area (Å²) in [6.07, 6.45) is 10.5. The summed E-state index contributed by atoms with van der Waals surface area (Å²) in [5.41, 5.74) is 9.65. The lowest BCUT2D eigenvalue weighted by molar-refractivity contribution is 0.102. The van der Waals surface area contributed by atoms with Gasteiger partial charge in [0.15, 0.2) is 0 Å². The van der Waals surface area contributed by atoms with Crippen molar-refractivity contribution in [2.24, 2.45) is 17.6 Å². The highest BCUT2D eigenvalue weighted by molar-refractivity contribution is 6.12. The number of fused-ring (bicyclic) bond motifs is 1. The molecule has 1 saturated carbocycles. The highest BCUT2D eigenvalue weighted by atomic mass is 19.1. The summed E-state index contributed by atoms with van der Waals surface area (Å²) < 4.78 is 14.8. The summed E-state index contributed by atoms with van der Waals surface area (Å²) in [5.74, 6) is 0.705. The molecule has 1 aliphatic carbocycles. The topological polar surface area (TPSA) is 84.1 Å². The number of hydrogen-bond donors (Lipinski definition) is 2. The smallest absolute Gasteiger partial charge is 0.257 e. The molecule has 7 heteroatoms. The molecule has 2 aromatic heterocycles. The van der Waals surface area contributed by atoms with Crippen molar-refractivity contribution in [1.29, 1.82) is 0 Å². The van der Waals surface area contributed by atoms with Crippen molar-refractivity contribution in [1.82, 2.24) is 9.97 Å². The Labute approximate surface area is 206 Å². The average Bonchev–Trinajstić information content (AvgIpc) is 2.84. The predicted octanol–water partition coefficient (Wildman–Crippen LogP) is 5.49. The highest BCUT2D eigenvalue weighted by Crippen LogP contribution is 2.38. The second-order valence-electron chi connectivity index (χ2n) is 10.6. The number of nitrogens with one attached hydrogen (secondary N) is 1. The fraction of sp³-hybridized carbons (Fsp3) is 0.464. The number of hydrogen-bond acceptors (Lipinski definition) is 5. The standard InChI is InChI=1S/C28H34FN5O/c1-17-4-3-9-34(16-17)21-13-24-25(29)6-5-23(27(24)32-14-21)28(35)33-26-15-31-8-7-22(26)19-10-18(2)11-20(30)12-19/h5-8,13-15,17-20H,3-4,9-12,16,30H2,1-2H3,(H,33,35)/t17?,18-,19+,20-/m0/s1. The first-order valence-electron chi connectivity index (χ1n) is 12.7. The third kappa shape index (κ3) is 5.01. The van der Waals surface area contributed by atoms with Gasteiger partial charge in [0.1, 0.15) is 5.82 Å². The first-order chi connectivity index (χ1) is 16.9. The molecule has 35 heavy (non-hydrogen) atoms. The molecular weight excluding hydrogens is 441 g/mol. The third-order valence-electron chi connectivity index (χ3n) is 7.57. The number of anilines is 2. The number of piperidine rings is 1. The van der Waals surface area contributed by atoms with Crippen molar-refractivity contribution in [2.75, 3.05) is 23.3 Å². The van der Waals surface area contributed by atoms with E-state index in [0.29, 0.717) is 34.0 Å². The van der Waals surface area contributed by atoms with Crippen LogP contribution in [-0.4, -0.2) is 35.0 Å². The number of amides is 1. The van der Waals surface area contributed by atoms with Crippen LogP contribution in [0.1, 0.15) is 67.8 Å². The Hall–Kier alpha value is -3.06. The fourth-order valence-electron chi connectivity index (χ4n) is 5.92. The Bertz CT molecular complexity index is 1220. The molecule has 1 aliphatic heterocycles. The van der Waals surface area contributed by atoms with Crippen LogP contribution in [0.2, 0.25) is 0 Å². The van der Waals surface area contributed by atoms with Crippen LogP contribution in [0.3, 0.4) is 0 Å². The number of carbonyl (C=O) groups excluding carboxylic acids is 1. The monoisotopic (exact) mass is 475 g/mol. The van der Waals surface area contributed by atoms with E-state index in [2.05, 4.69) is 34.0 Å². The molecule has 2 aliphatic rings. The lowest BCUT2D eigenvalue weighted by Gasteiger charge is -2.32. The van der Waals surface area contributed by atoms with Crippen molar-refractivity contribution in [3.63, 3.8) is 0 Å². The molecule has 6 nitrogen and oxygen atoms in total. The zero-order valence-corrected chi connectivity index (χ0v) is 20.5. The van der Waals surface area contributed by atoms with Gasteiger partial charge < -0.3 is 16.0 Å². The van der Waals surface area contributed by atoms with Gasteiger partial charge in [-0.15, -0.1) is 0 Å². The van der Waals surface area contributed by atoms with Crippen LogP contribution in [0, 0.1) is 17.7 Å². The fourth-order valence-corrected chi connectivity index (χ4v) is 5.92. The number of aromatic nitrogens is 2. The van der Waals surface area contributed by atoms with Gasteiger partial charge in [-0.1, -0.05) is 13.8 Å². The minimum absolute atomic E-state index is 0.155. The number of halogens is 1. The summed E-state index contributed by atoms with van der Waals surface area (Å²) in [6, 6.07) is 6.82. The second kappa shape index (κ2) is 9.90. The lowest BCUT2D eigenvalue weighted by atomic mass is 9.76. The number of carbonyl (C=O) groups is 1. The molecule has 4 atom stereocenters. The summed E-state index contributed by atoms with van der Waals surface area (Å²) in [4.78, 5) is 24.5. The molecule has 3 aromatic rings. The van der Waals surface area contributed by atoms with Gasteiger partial charge in [-0.25, -0.2) is 4.39 Å². The van der Waals surface area contributed by atoms with Gasteiger partial charge in [-0.3, -0.25) is 14.8 Å². The van der Waals surface area contributed by atoms with Gasteiger partial charge in [0.2, 0.25) is 0 Å². The van der Waals surface area contributed by atoms with Gasteiger partial charge in [-0.2, -0.15) is 0 Å². The number of nitrogens with zero attached hydrogens (tertiary/aromatic N) is 3. The number of nitrogens with two attached hydrogens (primary N) is 1. The largest absolute Gasteiger partial charge is 0.370 e. The molecule has 5 rings (SSSR count). The first-order valence-corrected chi connectivity index (χ1v) is 12.7. The Kier molecular flexibility index (Phi) is 6.69. The van der Waals surface area contributed by atoms with Crippen LogP contribution in [0.15, 0.2) is 42.9 Å². The van der Waals surface area contributed by atoms with Gasteiger partial charge >= 0.3 is 0 Å². The molecule has 1 saturated heterocycles. The molecule has 3 N–H and O–H groups in total. The minimum atomic E-state index is -0.372. The Morgan fingerprint density at radius 3 is 2.80 bits per heavy atom. The molecular formula is C28H34FN5O. The van der Waals surface area contributed by atoms with E-state index in [-0.39, 0.29) is 23.7 Å². The molecule has 2 fully saturated rings. The summed E-state index contributed by atoms with van der Waals surface area (Å²) in [7, 11) is 0. The summed E-state index contributed by atoms with van der Waals surface area (Å²) in [6.45, 7) is 6.33. The van der Waals surface area contributed by atoms with Gasteiger partial charge in [0.25, 0.3) is 5.91 Å². The first kappa shape index (κ1) is 23.7. The predicted molar refractivity (Wildman–Crippen MR) is 138 cm³/mol. The molecule has 184 valence electrons. The molecule has 0 bridgehead atoms. The van der Waals surface area contributed by atoms with E-state index >= 15 is 0 Å². The van der Waals surface area contributed by atoms with Crippen molar-refractivity contribution < 1.29 is 9.18 Å². The van der Waals surface area contributed by atoms with E-state index in [1.54, 1.807) is 18.6 Å². The normalized spacial score (nSPS) is 25.0. The van der Waals surface area contributed by atoms with Crippen LogP contribution in [0.25, 0.3) is 10.9 Å². The van der Waals surface area contributed by atoms with E-state index in [1.807, 2.05) is 12.1 Å². The van der Waals surface area contributed by atoms with Gasteiger partial charge in [-0.05, 0) is 79.7 Å². The highest BCUT2D eigenvalue weighted by Gasteiger charge is 2.28. The molecule has 1 unspecified atom stereocenters. The minimum Gasteiger partial charge on any atom is -0.370 e. The van der Waals surface area contributed by atoms with Crippen LogP contribution in [-0.2, 0) is 0 Å². The van der Waals surface area contributed by atoms with E-state index in [1.165, 1.54) is 18.6 Å². The van der Waals surface area contributed by atoms with Crippen molar-refractivity contribution >= 4 is 28.2 Å². The maximum absolute atomic E-state index is 14.8. The van der Waals surface area contributed by atoms with Gasteiger partial charge in [0.05, 0.1) is 34.8 Å². The van der Waals surface area contributed by atoms with Crippen LogP contribution in [0.4, 0.5) is 15.8 Å². The Balaban J connectivity index is 1.43. The average molecular weight is 476 g/mol. The molecule has 3 heterocycles. The number of rotatable bonds is 4. The quantitative estimate of drug-likeness (QED) is 0.521. The summed E-state index contributed by atoms with van der Waals surface area (Å²) in [5, 5.41) is 3.40. The van der Waals surface area contributed by atoms with E-state index in [9.17, 15) is 9.18 Å². The maximum Gasteiger partial charge on any atom is 0.257 e. The van der Waals surface area contributed by atoms with E-state index in [4.69, 9.17) is 5.73 Å². The number of benzene rings is 1. The van der Waals surface area contributed by atoms with Gasteiger partial charge in [0, 0.05) is 30.7 Å². The molecule has 0 spiro atoms. The van der Waals surface area contributed by atoms with Crippen molar-refractivity contribution in [3.05, 3.63) is 59.8 Å². The molecule has 1 aromatic carbocycles. The van der Waals surface area contributed by atoms with Crippen LogP contribution < -0.4 is 16.0 Å². The Morgan fingerprint density at radius 2 is 2.00 bits per heavy atom.